The maximum Gasteiger partial charge on any atom is 0.236 e. The van der Waals surface area contributed by atoms with E-state index in [2.05, 4.69) is 20.6 Å². The third-order valence-electron chi connectivity index (χ3n) is 3.90. The molecule has 10 heteroatoms. The van der Waals surface area contributed by atoms with Crippen LogP contribution in [0.1, 0.15) is 0 Å². The van der Waals surface area contributed by atoms with Gasteiger partial charge in [-0.1, -0.05) is 23.5 Å². The molecule has 0 atom stereocenters. The summed E-state index contributed by atoms with van der Waals surface area (Å²) in [5, 5.41) is 8.27. The van der Waals surface area contributed by atoms with E-state index >= 15 is 0 Å². The largest absolute Gasteiger partial charge is 0.301 e. The van der Waals surface area contributed by atoms with Crippen LogP contribution >= 0.6 is 34.4 Å². The van der Waals surface area contributed by atoms with E-state index in [4.69, 9.17) is 0 Å². The molecule has 0 unspecified atom stereocenters. The number of thiazole rings is 2. The number of carbonyl (C=O) groups excluding carboxylic acids is 2. The van der Waals surface area contributed by atoms with Gasteiger partial charge in [-0.05, 0) is 36.4 Å². The smallest absolute Gasteiger partial charge is 0.236 e. The van der Waals surface area contributed by atoms with Crippen LogP contribution in [-0.4, -0.2) is 33.3 Å². The number of nitrogens with zero attached hydrogens (tertiary/aromatic N) is 2. The lowest BCUT2D eigenvalue weighted by molar-refractivity contribution is -0.114. The SMILES string of the molecule is O=C(CSCC(=O)Nc1nc2ccccc2s1)Nc1nc(-c2ccc(F)cc2)cs1. The van der Waals surface area contributed by atoms with Gasteiger partial charge in [-0.15, -0.1) is 23.1 Å². The topological polar surface area (TPSA) is 84.0 Å². The summed E-state index contributed by atoms with van der Waals surface area (Å²) in [5.74, 6) is -0.500. The number of hydrogen-bond donors (Lipinski definition) is 2. The number of thioether (sulfide) groups is 1. The molecule has 2 amide bonds. The Kier molecular flexibility index (Phi) is 6.36. The van der Waals surface area contributed by atoms with Crippen molar-refractivity contribution >= 4 is 66.7 Å². The van der Waals surface area contributed by atoms with Gasteiger partial charge in [0.2, 0.25) is 11.8 Å². The van der Waals surface area contributed by atoms with Gasteiger partial charge in [-0.2, -0.15) is 0 Å². The third kappa shape index (κ3) is 5.21. The molecule has 0 bridgehead atoms. The molecule has 6 nitrogen and oxygen atoms in total. The minimum atomic E-state index is -0.313. The van der Waals surface area contributed by atoms with Crippen LogP contribution in [0.25, 0.3) is 21.5 Å². The Morgan fingerprint density at radius 1 is 0.933 bits per heavy atom. The first-order valence-electron chi connectivity index (χ1n) is 8.81. The van der Waals surface area contributed by atoms with Crippen molar-refractivity contribution in [2.75, 3.05) is 22.1 Å². The van der Waals surface area contributed by atoms with E-state index in [0.29, 0.717) is 16.0 Å². The standard InChI is InChI=1S/C20H15FN4O2S3/c21-13-7-5-12(6-8-13)15-9-29-19(23-15)24-17(26)10-28-11-18(27)25-20-22-14-3-1-2-4-16(14)30-20/h1-9H,10-11H2,(H,22,25,27)(H,23,24,26). The monoisotopic (exact) mass is 458 g/mol. The van der Waals surface area contributed by atoms with E-state index in [0.717, 1.165) is 15.8 Å². The molecule has 2 aromatic carbocycles. The number of para-hydroxylation sites is 1. The van der Waals surface area contributed by atoms with Crippen LogP contribution in [0.15, 0.2) is 53.9 Å². The fourth-order valence-electron chi connectivity index (χ4n) is 2.56. The average Bonchev–Trinajstić information content (AvgIpc) is 3.34. The first kappa shape index (κ1) is 20.5. The van der Waals surface area contributed by atoms with E-state index in [1.54, 1.807) is 17.5 Å². The second kappa shape index (κ2) is 9.33. The van der Waals surface area contributed by atoms with Crippen molar-refractivity contribution in [2.45, 2.75) is 0 Å². The predicted molar refractivity (Wildman–Crippen MR) is 122 cm³/mol. The molecule has 0 radical (unpaired) electrons. The summed E-state index contributed by atoms with van der Waals surface area (Å²) in [5.41, 5.74) is 2.28. The van der Waals surface area contributed by atoms with E-state index in [1.807, 2.05) is 24.3 Å². The summed E-state index contributed by atoms with van der Waals surface area (Å²) in [6.45, 7) is 0. The zero-order valence-electron chi connectivity index (χ0n) is 15.4. The molecule has 0 aliphatic carbocycles. The Morgan fingerprint density at radius 2 is 1.63 bits per heavy atom. The second-order valence-corrected chi connectivity index (χ2v) is 9.00. The maximum atomic E-state index is 13.0. The lowest BCUT2D eigenvalue weighted by atomic mass is 10.2. The van der Waals surface area contributed by atoms with E-state index in [1.165, 1.54) is 46.6 Å². The van der Waals surface area contributed by atoms with Crippen molar-refractivity contribution < 1.29 is 14.0 Å². The highest BCUT2D eigenvalue weighted by atomic mass is 32.2. The maximum absolute atomic E-state index is 13.0. The normalized spacial score (nSPS) is 10.8. The number of benzene rings is 2. The molecule has 4 rings (SSSR count). The molecule has 2 N–H and O–H groups in total. The Labute approximate surface area is 183 Å². The Bertz CT molecular complexity index is 1160. The van der Waals surface area contributed by atoms with Gasteiger partial charge in [0, 0.05) is 10.9 Å². The number of amides is 2. The molecule has 0 saturated heterocycles. The zero-order chi connectivity index (χ0) is 20.9. The zero-order valence-corrected chi connectivity index (χ0v) is 17.9. The van der Waals surface area contributed by atoms with E-state index < -0.39 is 0 Å². The Morgan fingerprint density at radius 3 is 2.37 bits per heavy atom. The molecule has 0 spiro atoms. The van der Waals surface area contributed by atoms with Gasteiger partial charge in [0.05, 0.1) is 27.4 Å². The summed E-state index contributed by atoms with van der Waals surface area (Å²) in [4.78, 5) is 32.9. The number of fused-ring (bicyclic) bond motifs is 1. The number of hydrogen-bond acceptors (Lipinski definition) is 7. The summed E-state index contributed by atoms with van der Waals surface area (Å²) in [7, 11) is 0. The number of anilines is 2. The molecule has 30 heavy (non-hydrogen) atoms. The van der Waals surface area contributed by atoms with Crippen molar-refractivity contribution in [1.82, 2.24) is 9.97 Å². The van der Waals surface area contributed by atoms with Crippen molar-refractivity contribution in [2.24, 2.45) is 0 Å². The lowest BCUT2D eigenvalue weighted by Crippen LogP contribution is -2.18. The van der Waals surface area contributed by atoms with Crippen LogP contribution in [-0.2, 0) is 9.59 Å². The highest BCUT2D eigenvalue weighted by Crippen LogP contribution is 2.26. The third-order valence-corrected chi connectivity index (χ3v) is 6.54. The number of halogens is 1. The number of aromatic nitrogens is 2. The molecular weight excluding hydrogens is 443 g/mol. The Balaban J connectivity index is 1.23. The molecule has 2 aromatic heterocycles. The minimum absolute atomic E-state index is 0.124. The fraction of sp³-hybridized carbons (Fsp3) is 0.100. The van der Waals surface area contributed by atoms with Crippen molar-refractivity contribution in [3.8, 4) is 11.3 Å². The predicted octanol–water partition coefficient (Wildman–Crippen LogP) is 4.87. The van der Waals surface area contributed by atoms with Gasteiger partial charge in [-0.3, -0.25) is 9.59 Å². The summed E-state index contributed by atoms with van der Waals surface area (Å²) in [6, 6.07) is 13.7. The van der Waals surface area contributed by atoms with Crippen LogP contribution in [0.3, 0.4) is 0 Å². The minimum Gasteiger partial charge on any atom is -0.301 e. The molecule has 152 valence electrons. The first-order valence-corrected chi connectivity index (χ1v) is 11.7. The number of nitrogens with one attached hydrogen (secondary N) is 2. The van der Waals surface area contributed by atoms with Crippen LogP contribution < -0.4 is 10.6 Å². The lowest BCUT2D eigenvalue weighted by Gasteiger charge is -2.02. The molecular formula is C20H15FN4O2S3. The highest BCUT2D eigenvalue weighted by Gasteiger charge is 2.11. The van der Waals surface area contributed by atoms with Gasteiger partial charge < -0.3 is 10.6 Å². The number of carbonyl (C=O) groups is 2. The summed E-state index contributed by atoms with van der Waals surface area (Å²) >= 11 is 3.90. The van der Waals surface area contributed by atoms with Gasteiger partial charge >= 0.3 is 0 Å². The van der Waals surface area contributed by atoms with Crippen molar-refractivity contribution in [1.29, 1.82) is 0 Å². The van der Waals surface area contributed by atoms with Crippen LogP contribution in [0.2, 0.25) is 0 Å². The average molecular weight is 459 g/mol. The Hall–Kier alpha value is -2.82. The van der Waals surface area contributed by atoms with E-state index in [-0.39, 0.29) is 29.1 Å². The quantitative estimate of drug-likeness (QED) is 0.413. The second-order valence-electron chi connectivity index (χ2n) is 6.12. The van der Waals surface area contributed by atoms with Crippen LogP contribution in [0.4, 0.5) is 14.7 Å². The van der Waals surface area contributed by atoms with Gasteiger partial charge in [0.25, 0.3) is 0 Å². The van der Waals surface area contributed by atoms with Gasteiger partial charge in [-0.25, -0.2) is 14.4 Å². The molecule has 0 saturated carbocycles. The molecule has 0 fully saturated rings. The van der Waals surface area contributed by atoms with Crippen LogP contribution in [0, 0.1) is 5.82 Å². The first-order chi connectivity index (χ1) is 14.6. The highest BCUT2D eigenvalue weighted by molar-refractivity contribution is 8.00. The van der Waals surface area contributed by atoms with Crippen LogP contribution in [0.5, 0.6) is 0 Å². The summed E-state index contributed by atoms with van der Waals surface area (Å²) < 4.78 is 14.0. The molecule has 0 aliphatic heterocycles. The molecule has 4 aromatic rings. The van der Waals surface area contributed by atoms with Gasteiger partial charge in [0.1, 0.15) is 5.82 Å². The van der Waals surface area contributed by atoms with E-state index in [9.17, 15) is 14.0 Å². The van der Waals surface area contributed by atoms with Crippen molar-refractivity contribution in [3.05, 3.63) is 59.7 Å². The molecule has 2 heterocycles. The van der Waals surface area contributed by atoms with Gasteiger partial charge in [0.15, 0.2) is 10.3 Å². The molecule has 0 aliphatic rings. The number of rotatable bonds is 7. The fourth-order valence-corrected chi connectivity index (χ4v) is 4.79. The van der Waals surface area contributed by atoms with Crippen molar-refractivity contribution in [3.63, 3.8) is 0 Å². The summed E-state index contributed by atoms with van der Waals surface area (Å²) in [6.07, 6.45) is 0.